The van der Waals surface area contributed by atoms with E-state index in [-0.39, 0.29) is 47.1 Å². The minimum Gasteiger partial charge on any atom is -0.352 e. The van der Waals surface area contributed by atoms with Crippen molar-refractivity contribution >= 4 is 40.4 Å². The molecule has 0 atom stereocenters. The summed E-state index contributed by atoms with van der Waals surface area (Å²) in [7, 11) is 0. The zero-order chi connectivity index (χ0) is 26.0. The molecule has 0 saturated carbocycles. The first-order valence-electron chi connectivity index (χ1n) is 11.7. The predicted octanol–water partition coefficient (Wildman–Crippen LogP) is 2.60. The summed E-state index contributed by atoms with van der Waals surface area (Å²) in [5, 5.41) is 6.44. The van der Waals surface area contributed by atoms with E-state index in [4.69, 9.17) is 11.6 Å². The molecule has 1 aromatic carbocycles. The van der Waals surface area contributed by atoms with Crippen LogP contribution in [0, 0.1) is 5.41 Å². The standard InChI is InChI=1S/C26H28ClN5O4/c1-4-28-23(34)18-9-17-10-20(24(35)30-11-16-5-7-19(27)8-6-16)25(36)32(22(17)29-12-18)13-21(33)31-14-26(2,3)15-31/h5-10,12H,4,11,13-15H2,1-3H3,(H,28,34)(H,30,35). The van der Waals surface area contributed by atoms with Gasteiger partial charge in [0.15, 0.2) is 0 Å². The average molecular weight is 510 g/mol. The van der Waals surface area contributed by atoms with Gasteiger partial charge in [0.1, 0.15) is 17.8 Å². The lowest BCUT2D eigenvalue weighted by atomic mass is 9.84. The molecule has 1 aliphatic heterocycles. The Morgan fingerprint density at radius 1 is 1.06 bits per heavy atom. The Labute approximate surface area is 213 Å². The molecule has 0 radical (unpaired) electrons. The van der Waals surface area contributed by atoms with Gasteiger partial charge in [-0.05, 0) is 42.2 Å². The summed E-state index contributed by atoms with van der Waals surface area (Å²) in [6.07, 6.45) is 1.36. The summed E-state index contributed by atoms with van der Waals surface area (Å²) < 4.78 is 1.21. The maximum absolute atomic E-state index is 13.4. The molecular weight excluding hydrogens is 482 g/mol. The van der Waals surface area contributed by atoms with E-state index in [1.165, 1.54) is 16.8 Å². The van der Waals surface area contributed by atoms with Crippen molar-refractivity contribution in [2.75, 3.05) is 19.6 Å². The molecule has 2 N–H and O–H groups in total. The van der Waals surface area contributed by atoms with Gasteiger partial charge in [0.05, 0.1) is 5.56 Å². The Morgan fingerprint density at radius 2 is 1.75 bits per heavy atom. The Kier molecular flexibility index (Phi) is 7.12. The quantitative estimate of drug-likeness (QED) is 0.508. The van der Waals surface area contributed by atoms with Crippen LogP contribution < -0.4 is 16.2 Å². The number of halogens is 1. The van der Waals surface area contributed by atoms with Gasteiger partial charge in [-0.25, -0.2) is 4.98 Å². The lowest BCUT2D eigenvalue weighted by Gasteiger charge is -2.45. The number of hydrogen-bond acceptors (Lipinski definition) is 5. The van der Waals surface area contributed by atoms with Crippen LogP contribution in [-0.4, -0.2) is 51.8 Å². The fraction of sp³-hybridized carbons (Fsp3) is 0.346. The number of benzene rings is 1. The van der Waals surface area contributed by atoms with Crippen molar-refractivity contribution in [3.05, 3.63) is 74.7 Å². The molecule has 9 nitrogen and oxygen atoms in total. The van der Waals surface area contributed by atoms with E-state index in [9.17, 15) is 19.2 Å². The second kappa shape index (κ2) is 10.1. The number of nitrogens with one attached hydrogen (secondary N) is 2. The van der Waals surface area contributed by atoms with Crippen molar-refractivity contribution in [2.45, 2.75) is 33.9 Å². The van der Waals surface area contributed by atoms with E-state index in [1.54, 1.807) is 42.2 Å². The van der Waals surface area contributed by atoms with Crippen LogP contribution in [0.1, 0.15) is 47.1 Å². The summed E-state index contributed by atoms with van der Waals surface area (Å²) in [6.45, 7) is 7.49. The van der Waals surface area contributed by atoms with Crippen LogP contribution in [0.2, 0.25) is 5.02 Å². The van der Waals surface area contributed by atoms with Gasteiger partial charge in [-0.2, -0.15) is 0 Å². The molecule has 3 amide bonds. The van der Waals surface area contributed by atoms with E-state index in [2.05, 4.69) is 29.5 Å². The Hall–Kier alpha value is -3.72. The molecule has 36 heavy (non-hydrogen) atoms. The fourth-order valence-electron chi connectivity index (χ4n) is 4.24. The highest BCUT2D eigenvalue weighted by Crippen LogP contribution is 2.28. The number of carbonyl (C=O) groups is 3. The summed E-state index contributed by atoms with van der Waals surface area (Å²) >= 11 is 5.92. The number of fused-ring (bicyclic) bond motifs is 1. The SMILES string of the molecule is CCNC(=O)c1cnc2c(c1)cc(C(=O)NCc1ccc(Cl)cc1)c(=O)n2CC(=O)N1CC(C)(C)C1. The molecule has 188 valence electrons. The molecule has 3 aromatic rings. The number of likely N-dealkylation sites (tertiary alicyclic amines) is 1. The summed E-state index contributed by atoms with van der Waals surface area (Å²) in [4.78, 5) is 57.7. The van der Waals surface area contributed by atoms with Crippen molar-refractivity contribution in [1.29, 1.82) is 0 Å². The zero-order valence-electron chi connectivity index (χ0n) is 20.4. The number of rotatable bonds is 7. The van der Waals surface area contributed by atoms with Crippen molar-refractivity contribution in [3.8, 4) is 0 Å². The van der Waals surface area contributed by atoms with E-state index in [1.807, 2.05) is 0 Å². The first-order valence-corrected chi connectivity index (χ1v) is 12.1. The van der Waals surface area contributed by atoms with Crippen LogP contribution in [0.3, 0.4) is 0 Å². The largest absolute Gasteiger partial charge is 0.352 e. The van der Waals surface area contributed by atoms with Crippen LogP contribution in [0.4, 0.5) is 0 Å². The molecule has 3 heterocycles. The predicted molar refractivity (Wildman–Crippen MR) is 137 cm³/mol. The maximum Gasteiger partial charge on any atom is 0.265 e. The van der Waals surface area contributed by atoms with Gasteiger partial charge in [0, 0.05) is 42.8 Å². The third-order valence-electron chi connectivity index (χ3n) is 6.02. The first kappa shape index (κ1) is 25.4. The minimum atomic E-state index is -0.623. The van der Waals surface area contributed by atoms with E-state index in [0.29, 0.717) is 30.0 Å². The van der Waals surface area contributed by atoms with Crippen LogP contribution in [0.5, 0.6) is 0 Å². The monoisotopic (exact) mass is 509 g/mol. The van der Waals surface area contributed by atoms with Gasteiger partial charge in [0.25, 0.3) is 17.4 Å². The van der Waals surface area contributed by atoms with Gasteiger partial charge in [-0.15, -0.1) is 0 Å². The summed E-state index contributed by atoms with van der Waals surface area (Å²) in [5.41, 5.74) is 0.606. The molecular formula is C26H28ClN5O4. The number of nitrogens with zero attached hydrogens (tertiary/aromatic N) is 3. The Balaban J connectivity index is 1.69. The van der Waals surface area contributed by atoms with Crippen molar-refractivity contribution < 1.29 is 14.4 Å². The van der Waals surface area contributed by atoms with Gasteiger partial charge in [-0.1, -0.05) is 37.6 Å². The number of aromatic nitrogens is 2. The summed E-state index contributed by atoms with van der Waals surface area (Å²) in [6, 6.07) is 9.95. The van der Waals surface area contributed by atoms with Crippen molar-refractivity contribution in [3.63, 3.8) is 0 Å². The normalized spacial score (nSPS) is 14.3. The smallest absolute Gasteiger partial charge is 0.265 e. The van der Waals surface area contributed by atoms with Gasteiger partial charge in [0.2, 0.25) is 5.91 Å². The second-order valence-electron chi connectivity index (χ2n) is 9.67. The molecule has 0 bridgehead atoms. The molecule has 0 aliphatic carbocycles. The summed E-state index contributed by atoms with van der Waals surface area (Å²) in [5.74, 6) is -1.14. The van der Waals surface area contributed by atoms with E-state index < -0.39 is 11.5 Å². The Morgan fingerprint density at radius 3 is 2.39 bits per heavy atom. The zero-order valence-corrected chi connectivity index (χ0v) is 21.2. The first-order chi connectivity index (χ1) is 17.1. The minimum absolute atomic E-state index is 0.0336. The molecule has 2 aromatic heterocycles. The number of hydrogen-bond donors (Lipinski definition) is 2. The van der Waals surface area contributed by atoms with Gasteiger partial charge >= 0.3 is 0 Å². The molecule has 1 saturated heterocycles. The lowest BCUT2D eigenvalue weighted by Crippen LogP contribution is -2.56. The van der Waals surface area contributed by atoms with Crippen LogP contribution in [0.15, 0.2) is 47.4 Å². The molecule has 0 unspecified atom stereocenters. The molecule has 10 heteroatoms. The van der Waals surface area contributed by atoms with E-state index in [0.717, 1.165) is 5.56 Å². The maximum atomic E-state index is 13.4. The van der Waals surface area contributed by atoms with Gasteiger partial charge in [-0.3, -0.25) is 23.7 Å². The number of carbonyl (C=O) groups excluding carboxylic acids is 3. The molecule has 4 rings (SSSR count). The van der Waals surface area contributed by atoms with Crippen molar-refractivity contribution in [1.82, 2.24) is 25.1 Å². The van der Waals surface area contributed by atoms with Crippen LogP contribution in [0.25, 0.3) is 11.0 Å². The van der Waals surface area contributed by atoms with Crippen LogP contribution >= 0.6 is 11.6 Å². The molecule has 0 spiro atoms. The lowest BCUT2D eigenvalue weighted by molar-refractivity contribution is -0.142. The number of pyridine rings is 2. The Bertz CT molecular complexity index is 1390. The average Bonchev–Trinajstić information content (AvgIpc) is 2.83. The highest BCUT2D eigenvalue weighted by molar-refractivity contribution is 6.30. The number of amides is 3. The van der Waals surface area contributed by atoms with Gasteiger partial charge < -0.3 is 15.5 Å². The highest BCUT2D eigenvalue weighted by Gasteiger charge is 2.37. The van der Waals surface area contributed by atoms with E-state index >= 15 is 0 Å². The second-order valence-corrected chi connectivity index (χ2v) is 10.1. The third kappa shape index (κ3) is 5.41. The molecule has 1 aliphatic rings. The van der Waals surface area contributed by atoms with Crippen LogP contribution in [-0.2, 0) is 17.9 Å². The topological polar surface area (TPSA) is 113 Å². The van der Waals surface area contributed by atoms with Crippen molar-refractivity contribution in [2.24, 2.45) is 5.41 Å². The third-order valence-corrected chi connectivity index (χ3v) is 6.27. The molecule has 1 fully saturated rings. The highest BCUT2D eigenvalue weighted by atomic mass is 35.5. The fourth-order valence-corrected chi connectivity index (χ4v) is 4.37.